The first kappa shape index (κ1) is 23.3. The van der Waals surface area contributed by atoms with Crippen LogP contribution in [0.1, 0.15) is 0 Å². The Morgan fingerprint density at radius 1 is 0.341 bits per heavy atom. The van der Waals surface area contributed by atoms with E-state index in [4.69, 9.17) is 19.4 Å². The van der Waals surface area contributed by atoms with Gasteiger partial charge in [-0.25, -0.2) is 15.0 Å². The number of benzene rings is 6. The van der Waals surface area contributed by atoms with Crippen LogP contribution in [0.4, 0.5) is 0 Å². The van der Waals surface area contributed by atoms with Gasteiger partial charge < -0.3 is 4.42 Å². The van der Waals surface area contributed by atoms with Gasteiger partial charge in [-0.05, 0) is 40.1 Å². The first-order chi connectivity index (χ1) is 20.3. The van der Waals surface area contributed by atoms with Crippen LogP contribution in [0.5, 0.6) is 0 Å². The summed E-state index contributed by atoms with van der Waals surface area (Å²) >= 11 is 0. The highest BCUT2D eigenvalue weighted by Crippen LogP contribution is 2.38. The van der Waals surface area contributed by atoms with Gasteiger partial charge in [0.05, 0.1) is 0 Å². The second-order valence-electron chi connectivity index (χ2n) is 10.0. The van der Waals surface area contributed by atoms with Gasteiger partial charge in [0.15, 0.2) is 17.5 Å². The highest BCUT2D eigenvalue weighted by atomic mass is 16.3. The number of para-hydroxylation sites is 1. The molecule has 0 saturated carbocycles. The van der Waals surface area contributed by atoms with E-state index in [2.05, 4.69) is 72.8 Å². The molecule has 8 aromatic rings. The highest BCUT2D eigenvalue weighted by Gasteiger charge is 2.19. The zero-order valence-electron chi connectivity index (χ0n) is 22.0. The summed E-state index contributed by atoms with van der Waals surface area (Å²) in [4.78, 5) is 15.2. The summed E-state index contributed by atoms with van der Waals surface area (Å²) in [5.41, 5.74) is 6.82. The predicted octanol–water partition coefficient (Wildman–Crippen LogP) is 9.59. The highest BCUT2D eigenvalue weighted by molar-refractivity contribution is 6.12. The summed E-state index contributed by atoms with van der Waals surface area (Å²) in [5, 5.41) is 4.29. The molecule has 0 fully saturated rings. The van der Waals surface area contributed by atoms with Crippen molar-refractivity contribution in [2.75, 3.05) is 0 Å². The first-order valence-electron chi connectivity index (χ1n) is 13.6. The lowest BCUT2D eigenvalue weighted by molar-refractivity contribution is 0.669. The number of hydrogen-bond acceptors (Lipinski definition) is 4. The third-order valence-electron chi connectivity index (χ3n) is 7.56. The fourth-order valence-corrected chi connectivity index (χ4v) is 5.66. The van der Waals surface area contributed by atoms with Crippen molar-refractivity contribution in [2.24, 2.45) is 0 Å². The van der Waals surface area contributed by atoms with E-state index in [1.807, 2.05) is 66.7 Å². The van der Waals surface area contributed by atoms with Crippen LogP contribution >= 0.6 is 0 Å². The van der Waals surface area contributed by atoms with E-state index >= 15 is 0 Å². The molecule has 2 heterocycles. The van der Waals surface area contributed by atoms with E-state index in [9.17, 15) is 0 Å². The molecule has 6 aromatic carbocycles. The van der Waals surface area contributed by atoms with Crippen LogP contribution in [-0.4, -0.2) is 15.0 Å². The molecule has 0 aliphatic heterocycles. The number of rotatable bonds is 4. The van der Waals surface area contributed by atoms with Crippen molar-refractivity contribution in [3.63, 3.8) is 0 Å². The molecule has 0 bridgehead atoms. The van der Waals surface area contributed by atoms with E-state index in [1.54, 1.807) is 0 Å². The van der Waals surface area contributed by atoms with Gasteiger partial charge in [0.25, 0.3) is 0 Å². The zero-order chi connectivity index (χ0) is 27.2. The molecule has 0 aliphatic rings. The Balaban J connectivity index is 1.41. The predicted molar refractivity (Wildman–Crippen MR) is 166 cm³/mol. The van der Waals surface area contributed by atoms with Gasteiger partial charge >= 0.3 is 0 Å². The molecule has 192 valence electrons. The van der Waals surface area contributed by atoms with Crippen molar-refractivity contribution in [1.82, 2.24) is 15.0 Å². The fraction of sp³-hybridized carbons (Fsp3) is 0. The van der Waals surface area contributed by atoms with Crippen molar-refractivity contribution in [2.45, 2.75) is 0 Å². The molecule has 0 N–H and O–H groups in total. The van der Waals surface area contributed by atoms with E-state index in [0.717, 1.165) is 49.4 Å². The Bertz CT molecular complexity index is 2200. The normalized spacial score (nSPS) is 11.4. The lowest BCUT2D eigenvalue weighted by Crippen LogP contribution is -2.01. The minimum absolute atomic E-state index is 0.613. The molecule has 4 heteroatoms. The maximum absolute atomic E-state index is 6.19. The average Bonchev–Trinajstić information content (AvgIpc) is 3.44. The maximum atomic E-state index is 6.19. The van der Waals surface area contributed by atoms with Gasteiger partial charge in [-0.3, -0.25) is 0 Å². The lowest BCUT2D eigenvalue weighted by Gasteiger charge is -2.13. The fourth-order valence-electron chi connectivity index (χ4n) is 5.66. The summed E-state index contributed by atoms with van der Waals surface area (Å²) in [6.07, 6.45) is 0. The molecule has 8 rings (SSSR count). The molecule has 41 heavy (non-hydrogen) atoms. The summed E-state index contributed by atoms with van der Waals surface area (Å²) in [5.74, 6) is 1.88. The molecule has 0 radical (unpaired) electrons. The van der Waals surface area contributed by atoms with Crippen LogP contribution in [0.3, 0.4) is 0 Å². The van der Waals surface area contributed by atoms with E-state index < -0.39 is 0 Å². The quantitative estimate of drug-likeness (QED) is 0.230. The summed E-state index contributed by atoms with van der Waals surface area (Å²) < 4.78 is 6.19. The Hall–Kier alpha value is -5.61. The number of furan rings is 1. The zero-order valence-corrected chi connectivity index (χ0v) is 22.0. The third kappa shape index (κ3) is 3.97. The van der Waals surface area contributed by atoms with E-state index in [-0.39, 0.29) is 0 Å². The van der Waals surface area contributed by atoms with Crippen LogP contribution in [0.2, 0.25) is 0 Å². The van der Waals surface area contributed by atoms with Crippen molar-refractivity contribution in [3.8, 4) is 45.3 Å². The second-order valence-corrected chi connectivity index (χ2v) is 10.0. The van der Waals surface area contributed by atoms with Gasteiger partial charge in [0.2, 0.25) is 0 Å². The van der Waals surface area contributed by atoms with Crippen LogP contribution in [0, 0.1) is 0 Å². The largest absolute Gasteiger partial charge is 0.456 e. The first-order valence-corrected chi connectivity index (χ1v) is 13.6. The van der Waals surface area contributed by atoms with E-state index in [1.165, 1.54) is 11.1 Å². The minimum atomic E-state index is 0.613. The third-order valence-corrected chi connectivity index (χ3v) is 7.56. The number of nitrogens with zero attached hydrogens (tertiary/aromatic N) is 3. The molecule has 0 aliphatic carbocycles. The SMILES string of the molecule is c1ccc(-c2nc(-c3ccc(-c4ccccc4)c4ccccc34)nc(-c3cccc4oc5ccccc5c34)n2)cc1. The van der Waals surface area contributed by atoms with Crippen molar-refractivity contribution < 1.29 is 4.42 Å². The standard InChI is InChI=1S/C37H23N3O/c1-3-12-24(13-4-1)26-22-23-29(28-17-8-7-16-27(26)28)36-38-35(25-14-5-2-6-15-25)39-37(40-36)31-19-11-21-33-34(31)30-18-9-10-20-32(30)41-33/h1-23H. The van der Waals surface area contributed by atoms with Gasteiger partial charge in [0.1, 0.15) is 11.2 Å². The van der Waals surface area contributed by atoms with Gasteiger partial charge in [-0.1, -0.05) is 121 Å². The molecule has 2 aromatic heterocycles. The van der Waals surface area contributed by atoms with Crippen LogP contribution in [0.25, 0.3) is 78.0 Å². The molecule has 0 amide bonds. The molecule has 4 nitrogen and oxygen atoms in total. The Labute approximate surface area is 236 Å². The summed E-state index contributed by atoms with van der Waals surface area (Å²) in [6.45, 7) is 0. The van der Waals surface area contributed by atoms with Gasteiger partial charge in [-0.2, -0.15) is 0 Å². The number of hydrogen-bond donors (Lipinski definition) is 0. The minimum Gasteiger partial charge on any atom is -0.456 e. The Morgan fingerprint density at radius 3 is 1.63 bits per heavy atom. The van der Waals surface area contributed by atoms with Gasteiger partial charge in [-0.15, -0.1) is 0 Å². The molecular weight excluding hydrogens is 502 g/mol. The summed E-state index contributed by atoms with van der Waals surface area (Å²) in [6, 6.07) is 47.5. The molecule has 0 atom stereocenters. The van der Waals surface area contributed by atoms with Crippen LogP contribution < -0.4 is 0 Å². The number of fused-ring (bicyclic) bond motifs is 4. The maximum Gasteiger partial charge on any atom is 0.164 e. The van der Waals surface area contributed by atoms with Crippen LogP contribution in [-0.2, 0) is 0 Å². The average molecular weight is 526 g/mol. The topological polar surface area (TPSA) is 51.8 Å². The summed E-state index contributed by atoms with van der Waals surface area (Å²) in [7, 11) is 0. The van der Waals surface area contributed by atoms with Crippen molar-refractivity contribution >= 4 is 32.7 Å². The lowest BCUT2D eigenvalue weighted by atomic mass is 9.94. The Kier molecular flexibility index (Phi) is 5.42. The second kappa shape index (κ2) is 9.54. The molecule has 0 spiro atoms. The molecular formula is C37H23N3O. The Morgan fingerprint density at radius 2 is 0.878 bits per heavy atom. The van der Waals surface area contributed by atoms with Gasteiger partial charge in [0, 0.05) is 27.5 Å². The molecule has 0 unspecified atom stereocenters. The van der Waals surface area contributed by atoms with Crippen LogP contribution in [0.15, 0.2) is 144 Å². The monoisotopic (exact) mass is 525 g/mol. The van der Waals surface area contributed by atoms with Crippen molar-refractivity contribution in [1.29, 1.82) is 0 Å². The van der Waals surface area contributed by atoms with Crippen molar-refractivity contribution in [3.05, 3.63) is 140 Å². The van der Waals surface area contributed by atoms with E-state index in [0.29, 0.717) is 17.5 Å². The number of aromatic nitrogens is 3. The molecule has 0 saturated heterocycles. The smallest absolute Gasteiger partial charge is 0.164 e.